The fourth-order valence-corrected chi connectivity index (χ4v) is 1.27. The van der Waals surface area contributed by atoms with E-state index in [1.807, 2.05) is 24.3 Å². The maximum Gasteiger partial charge on any atom is 0.0857 e. The molecule has 0 saturated carbocycles. The number of nitrogens with zero attached hydrogens (tertiary/aromatic N) is 3. The van der Waals surface area contributed by atoms with Crippen LogP contribution >= 0.6 is 0 Å². The first kappa shape index (κ1) is 8.90. The molecule has 0 aliphatic heterocycles. The quantitative estimate of drug-likeness (QED) is 0.774. The Morgan fingerprint density at radius 2 is 1.57 bits per heavy atom. The molecule has 0 atom stereocenters. The van der Waals surface area contributed by atoms with E-state index in [4.69, 9.17) is 5.73 Å². The summed E-state index contributed by atoms with van der Waals surface area (Å²) in [4.78, 5) is 1.65. The van der Waals surface area contributed by atoms with Crippen molar-refractivity contribution in [3.8, 4) is 0 Å². The monoisotopic (exact) mass is 188 g/mol. The van der Waals surface area contributed by atoms with E-state index in [1.165, 1.54) is 5.56 Å². The Hall–Kier alpha value is -1.68. The molecule has 2 N–H and O–H groups in total. The number of rotatable bonds is 3. The third-order valence-electron chi connectivity index (χ3n) is 2.05. The molecule has 1 aromatic carbocycles. The zero-order chi connectivity index (χ0) is 9.80. The van der Waals surface area contributed by atoms with Crippen LogP contribution < -0.4 is 5.73 Å². The Morgan fingerprint density at radius 3 is 2.14 bits per heavy atom. The molecule has 2 aromatic rings. The van der Waals surface area contributed by atoms with Crippen molar-refractivity contribution in [1.82, 2.24) is 15.0 Å². The van der Waals surface area contributed by atoms with Crippen LogP contribution in [0.5, 0.6) is 0 Å². The predicted octanol–water partition coefficient (Wildman–Crippen LogP) is 0.785. The second-order valence-electron chi connectivity index (χ2n) is 3.08. The molecule has 2 rings (SSSR count). The van der Waals surface area contributed by atoms with Crippen molar-refractivity contribution in [2.45, 2.75) is 13.1 Å². The topological polar surface area (TPSA) is 56.7 Å². The van der Waals surface area contributed by atoms with Gasteiger partial charge in [0.05, 0.1) is 18.9 Å². The molecule has 0 saturated heterocycles. The maximum atomic E-state index is 5.51. The van der Waals surface area contributed by atoms with Crippen LogP contribution in [-0.4, -0.2) is 15.0 Å². The molecule has 72 valence electrons. The molecule has 1 heterocycles. The van der Waals surface area contributed by atoms with Crippen LogP contribution in [0.3, 0.4) is 0 Å². The molecule has 0 aliphatic carbocycles. The van der Waals surface area contributed by atoms with Gasteiger partial charge in [-0.05, 0) is 11.1 Å². The van der Waals surface area contributed by atoms with Gasteiger partial charge in [-0.1, -0.05) is 24.3 Å². The van der Waals surface area contributed by atoms with Crippen molar-refractivity contribution < 1.29 is 0 Å². The van der Waals surface area contributed by atoms with Crippen molar-refractivity contribution >= 4 is 0 Å². The van der Waals surface area contributed by atoms with Crippen LogP contribution in [0.4, 0.5) is 0 Å². The molecule has 0 bridgehead atoms. The SMILES string of the molecule is NCc1ccc(Cn2nccn2)cc1. The first-order valence-electron chi connectivity index (χ1n) is 4.50. The minimum atomic E-state index is 0.584. The molecule has 4 nitrogen and oxygen atoms in total. The normalized spacial score (nSPS) is 10.4. The summed E-state index contributed by atoms with van der Waals surface area (Å²) < 4.78 is 0. The van der Waals surface area contributed by atoms with Gasteiger partial charge in [0.2, 0.25) is 0 Å². The molecule has 0 unspecified atom stereocenters. The molecular formula is C10H12N4. The minimum absolute atomic E-state index is 0.584. The van der Waals surface area contributed by atoms with Gasteiger partial charge in [-0.3, -0.25) is 0 Å². The Bertz CT molecular complexity index is 377. The highest BCUT2D eigenvalue weighted by Gasteiger charge is 1.95. The molecule has 0 amide bonds. The molecule has 14 heavy (non-hydrogen) atoms. The lowest BCUT2D eigenvalue weighted by atomic mass is 10.1. The Balaban J connectivity index is 2.10. The number of aromatic nitrogens is 3. The van der Waals surface area contributed by atoms with Crippen LogP contribution in [-0.2, 0) is 13.1 Å². The second-order valence-corrected chi connectivity index (χ2v) is 3.08. The van der Waals surface area contributed by atoms with Gasteiger partial charge in [0.1, 0.15) is 0 Å². The Kier molecular flexibility index (Phi) is 2.55. The zero-order valence-electron chi connectivity index (χ0n) is 7.80. The summed E-state index contributed by atoms with van der Waals surface area (Å²) in [6.07, 6.45) is 3.35. The van der Waals surface area contributed by atoms with Gasteiger partial charge in [-0.2, -0.15) is 15.0 Å². The van der Waals surface area contributed by atoms with Gasteiger partial charge in [0, 0.05) is 6.54 Å². The van der Waals surface area contributed by atoms with Crippen LogP contribution in [0.1, 0.15) is 11.1 Å². The highest BCUT2D eigenvalue weighted by molar-refractivity contribution is 5.22. The maximum absolute atomic E-state index is 5.51. The molecular weight excluding hydrogens is 176 g/mol. The van der Waals surface area contributed by atoms with Gasteiger partial charge in [-0.15, -0.1) is 0 Å². The van der Waals surface area contributed by atoms with E-state index in [9.17, 15) is 0 Å². The first-order chi connectivity index (χ1) is 6.88. The largest absolute Gasteiger partial charge is 0.326 e. The summed E-state index contributed by atoms with van der Waals surface area (Å²) in [5.74, 6) is 0. The number of nitrogens with two attached hydrogens (primary N) is 1. The van der Waals surface area contributed by atoms with E-state index in [0.717, 1.165) is 5.56 Å². The lowest BCUT2D eigenvalue weighted by Gasteiger charge is -2.01. The third-order valence-corrected chi connectivity index (χ3v) is 2.05. The zero-order valence-corrected chi connectivity index (χ0v) is 7.80. The van der Waals surface area contributed by atoms with Crippen LogP contribution in [0, 0.1) is 0 Å². The lowest BCUT2D eigenvalue weighted by molar-refractivity contribution is 0.591. The van der Waals surface area contributed by atoms with E-state index < -0.39 is 0 Å². The van der Waals surface area contributed by atoms with Crippen molar-refractivity contribution in [1.29, 1.82) is 0 Å². The number of benzene rings is 1. The minimum Gasteiger partial charge on any atom is -0.326 e. The summed E-state index contributed by atoms with van der Waals surface area (Å²) in [6, 6.07) is 8.15. The number of hydrogen-bond acceptors (Lipinski definition) is 3. The van der Waals surface area contributed by atoms with Gasteiger partial charge < -0.3 is 5.73 Å². The van der Waals surface area contributed by atoms with E-state index >= 15 is 0 Å². The van der Waals surface area contributed by atoms with Crippen molar-refractivity contribution in [2.75, 3.05) is 0 Å². The van der Waals surface area contributed by atoms with Crippen LogP contribution in [0.25, 0.3) is 0 Å². The fourth-order valence-electron chi connectivity index (χ4n) is 1.27. The molecule has 4 heteroatoms. The van der Waals surface area contributed by atoms with Crippen LogP contribution in [0.2, 0.25) is 0 Å². The van der Waals surface area contributed by atoms with Crippen molar-refractivity contribution in [2.24, 2.45) is 5.73 Å². The lowest BCUT2D eigenvalue weighted by Crippen LogP contribution is -2.03. The standard InChI is InChI=1S/C10H12N4/c11-7-9-1-3-10(4-2-9)8-14-12-5-6-13-14/h1-6H,7-8,11H2. The van der Waals surface area contributed by atoms with Crippen molar-refractivity contribution in [3.05, 3.63) is 47.8 Å². The smallest absolute Gasteiger partial charge is 0.0857 e. The predicted molar refractivity (Wildman–Crippen MR) is 53.5 cm³/mol. The third kappa shape index (κ3) is 1.97. The summed E-state index contributed by atoms with van der Waals surface area (Å²) in [5, 5.41) is 8.07. The van der Waals surface area contributed by atoms with E-state index in [0.29, 0.717) is 13.1 Å². The molecule has 0 fully saturated rings. The summed E-state index contributed by atoms with van der Waals surface area (Å²) >= 11 is 0. The Morgan fingerprint density at radius 1 is 1.00 bits per heavy atom. The highest BCUT2D eigenvalue weighted by atomic mass is 15.5. The van der Waals surface area contributed by atoms with Gasteiger partial charge in [0.15, 0.2) is 0 Å². The average Bonchev–Trinajstić information content (AvgIpc) is 2.72. The summed E-state index contributed by atoms with van der Waals surface area (Å²) in [5.41, 5.74) is 7.83. The molecule has 1 aromatic heterocycles. The van der Waals surface area contributed by atoms with Crippen molar-refractivity contribution in [3.63, 3.8) is 0 Å². The summed E-state index contributed by atoms with van der Waals surface area (Å²) in [6.45, 7) is 1.29. The molecule has 0 radical (unpaired) electrons. The van der Waals surface area contributed by atoms with Gasteiger partial charge >= 0.3 is 0 Å². The van der Waals surface area contributed by atoms with Gasteiger partial charge in [-0.25, -0.2) is 0 Å². The number of hydrogen-bond donors (Lipinski definition) is 1. The first-order valence-corrected chi connectivity index (χ1v) is 4.50. The summed E-state index contributed by atoms with van der Waals surface area (Å²) in [7, 11) is 0. The van der Waals surface area contributed by atoms with E-state index in [-0.39, 0.29) is 0 Å². The fraction of sp³-hybridized carbons (Fsp3) is 0.200. The average molecular weight is 188 g/mol. The Labute approximate surface area is 82.4 Å². The second kappa shape index (κ2) is 4.02. The van der Waals surface area contributed by atoms with Gasteiger partial charge in [0.25, 0.3) is 0 Å². The highest BCUT2D eigenvalue weighted by Crippen LogP contribution is 2.04. The van der Waals surface area contributed by atoms with E-state index in [2.05, 4.69) is 10.2 Å². The molecule has 0 aliphatic rings. The van der Waals surface area contributed by atoms with Crippen LogP contribution in [0.15, 0.2) is 36.7 Å². The van der Waals surface area contributed by atoms with E-state index in [1.54, 1.807) is 17.2 Å². The molecule has 0 spiro atoms.